The van der Waals surface area contributed by atoms with Gasteiger partial charge in [0.2, 0.25) is 0 Å². The summed E-state index contributed by atoms with van der Waals surface area (Å²) in [6.07, 6.45) is 0. The first-order chi connectivity index (χ1) is 21.1. The molecule has 0 bridgehead atoms. The monoisotopic (exact) mass is 613 g/mol. The zero-order valence-corrected chi connectivity index (χ0v) is 24.8. The van der Waals surface area contributed by atoms with Crippen molar-refractivity contribution >= 4 is 45.6 Å². The van der Waals surface area contributed by atoms with Gasteiger partial charge in [0.05, 0.1) is 28.8 Å². The molecule has 11 nitrogen and oxygen atoms in total. The Balaban J connectivity index is 1.58. The number of non-ortho nitro benzene ring substituents is 1. The molecule has 1 aliphatic heterocycles. The van der Waals surface area contributed by atoms with Gasteiger partial charge in [0.15, 0.2) is 5.13 Å². The summed E-state index contributed by atoms with van der Waals surface area (Å²) in [7, 11) is 0. The first-order valence-corrected chi connectivity index (χ1v) is 14.4. The molecule has 1 N–H and O–H groups in total. The van der Waals surface area contributed by atoms with Gasteiger partial charge in [0.1, 0.15) is 23.0 Å². The zero-order chi connectivity index (χ0) is 31.5. The van der Waals surface area contributed by atoms with Crippen molar-refractivity contribution in [1.82, 2.24) is 4.98 Å². The van der Waals surface area contributed by atoms with E-state index in [-0.39, 0.29) is 33.4 Å². The number of carbonyl (C=O) groups is 3. The van der Waals surface area contributed by atoms with E-state index in [1.54, 1.807) is 39.0 Å². The van der Waals surface area contributed by atoms with E-state index >= 15 is 0 Å². The van der Waals surface area contributed by atoms with Crippen molar-refractivity contribution in [1.29, 1.82) is 0 Å². The second kappa shape index (κ2) is 12.5. The van der Waals surface area contributed by atoms with Crippen LogP contribution in [0.3, 0.4) is 0 Å². The van der Waals surface area contributed by atoms with E-state index in [1.165, 1.54) is 24.3 Å². The Labute approximate surface area is 256 Å². The molecule has 1 aliphatic rings. The van der Waals surface area contributed by atoms with E-state index in [9.17, 15) is 29.6 Å². The Morgan fingerprint density at radius 2 is 1.77 bits per heavy atom. The largest absolute Gasteiger partial charge is 0.507 e. The van der Waals surface area contributed by atoms with Crippen LogP contribution in [0.1, 0.15) is 50.6 Å². The van der Waals surface area contributed by atoms with Crippen LogP contribution in [0.25, 0.3) is 5.76 Å². The number of thiazole rings is 1. The quantitative estimate of drug-likeness (QED) is 0.0594. The van der Waals surface area contributed by atoms with Crippen molar-refractivity contribution < 1.29 is 33.9 Å². The smallest absolute Gasteiger partial charge is 0.350 e. The lowest BCUT2D eigenvalue weighted by molar-refractivity contribution is -0.384. The van der Waals surface area contributed by atoms with E-state index in [4.69, 9.17) is 9.47 Å². The molecule has 5 rings (SSSR count). The van der Waals surface area contributed by atoms with E-state index in [0.29, 0.717) is 29.2 Å². The number of Topliss-reactive ketones (excluding diaryl/α,β-unsaturated/α-hetero) is 1. The number of aliphatic hydroxyl groups is 1. The number of aryl methyl sites for hydroxylation is 2. The van der Waals surface area contributed by atoms with Gasteiger partial charge in [0, 0.05) is 17.7 Å². The minimum absolute atomic E-state index is 0.0379. The number of hydrogen-bond donors (Lipinski definition) is 1. The first kappa shape index (κ1) is 30.1. The van der Waals surface area contributed by atoms with Gasteiger partial charge < -0.3 is 14.6 Å². The van der Waals surface area contributed by atoms with Crippen molar-refractivity contribution in [3.05, 3.63) is 121 Å². The maximum absolute atomic E-state index is 13.5. The fourth-order valence-electron chi connectivity index (χ4n) is 4.84. The second-order valence-electron chi connectivity index (χ2n) is 9.90. The summed E-state index contributed by atoms with van der Waals surface area (Å²) in [4.78, 5) is 55.9. The summed E-state index contributed by atoms with van der Waals surface area (Å²) >= 11 is 0.873. The average Bonchev–Trinajstić information content (AvgIpc) is 3.52. The van der Waals surface area contributed by atoms with Crippen LogP contribution in [0.15, 0.2) is 78.4 Å². The van der Waals surface area contributed by atoms with Crippen molar-refractivity contribution in [2.24, 2.45) is 0 Å². The maximum Gasteiger partial charge on any atom is 0.350 e. The van der Waals surface area contributed by atoms with Crippen LogP contribution < -0.4 is 9.64 Å². The number of ketones is 1. The zero-order valence-electron chi connectivity index (χ0n) is 24.0. The summed E-state index contributed by atoms with van der Waals surface area (Å²) in [6.45, 7) is 5.49. The minimum atomic E-state index is -1.19. The number of nitrogens with zero attached hydrogens (tertiary/aromatic N) is 3. The molecule has 1 fully saturated rings. The number of aliphatic hydroxyl groups excluding tert-OH is 1. The fourth-order valence-corrected chi connectivity index (χ4v) is 5.83. The lowest BCUT2D eigenvalue weighted by Gasteiger charge is -2.23. The van der Waals surface area contributed by atoms with E-state index in [2.05, 4.69) is 4.98 Å². The molecular weight excluding hydrogens is 586 g/mol. The lowest BCUT2D eigenvalue weighted by Crippen LogP contribution is -2.29. The van der Waals surface area contributed by atoms with E-state index in [1.807, 2.05) is 30.3 Å². The third-order valence-electron chi connectivity index (χ3n) is 7.00. The predicted octanol–water partition coefficient (Wildman–Crippen LogP) is 6.05. The van der Waals surface area contributed by atoms with E-state index < -0.39 is 34.4 Å². The number of nitro groups is 1. The van der Waals surface area contributed by atoms with Crippen LogP contribution >= 0.6 is 11.3 Å². The SMILES string of the molecule is CCOC(=O)c1sc(N2C(=O)C(=O)/C(=C(/O)c3ccc(OCc4ccccc4)c(C)c3)C2c2ccc([N+](=O)[O-])cc2)nc1C. The van der Waals surface area contributed by atoms with Crippen molar-refractivity contribution in [2.45, 2.75) is 33.4 Å². The van der Waals surface area contributed by atoms with Crippen LogP contribution in [0.5, 0.6) is 5.75 Å². The first-order valence-electron chi connectivity index (χ1n) is 13.6. The molecule has 0 saturated carbocycles. The number of hydrogen-bond acceptors (Lipinski definition) is 10. The second-order valence-corrected chi connectivity index (χ2v) is 10.9. The third-order valence-corrected chi connectivity index (χ3v) is 8.14. The van der Waals surface area contributed by atoms with E-state index in [0.717, 1.165) is 21.8 Å². The van der Waals surface area contributed by atoms with Gasteiger partial charge in [-0.3, -0.25) is 24.6 Å². The molecule has 12 heteroatoms. The highest BCUT2D eigenvalue weighted by Gasteiger charge is 2.48. The van der Waals surface area contributed by atoms with Gasteiger partial charge in [-0.25, -0.2) is 9.78 Å². The van der Waals surface area contributed by atoms with Gasteiger partial charge in [-0.1, -0.05) is 41.7 Å². The molecule has 0 radical (unpaired) electrons. The summed E-state index contributed by atoms with van der Waals surface area (Å²) in [5, 5.41) is 22.9. The molecule has 4 aromatic rings. The number of nitro benzene ring substituents is 1. The van der Waals surface area contributed by atoms with Gasteiger partial charge in [-0.2, -0.15) is 0 Å². The topological polar surface area (TPSA) is 149 Å². The normalized spacial score (nSPS) is 15.8. The van der Waals surface area contributed by atoms with Gasteiger partial charge in [0.25, 0.3) is 11.5 Å². The Bertz CT molecular complexity index is 1800. The molecule has 1 atom stereocenters. The number of anilines is 1. The number of ether oxygens (including phenoxy) is 2. The number of carbonyl (C=O) groups excluding carboxylic acids is 3. The number of amides is 1. The molecule has 2 heterocycles. The molecular formula is C32H27N3O8S. The molecule has 1 unspecified atom stereocenters. The lowest BCUT2D eigenvalue weighted by atomic mass is 9.94. The summed E-state index contributed by atoms with van der Waals surface area (Å²) < 4.78 is 11.0. The number of aromatic nitrogens is 1. The maximum atomic E-state index is 13.5. The summed E-state index contributed by atoms with van der Waals surface area (Å²) in [6, 6.07) is 18.6. The minimum Gasteiger partial charge on any atom is -0.507 e. The molecule has 1 amide bonds. The van der Waals surface area contributed by atoms with Gasteiger partial charge in [-0.15, -0.1) is 0 Å². The number of rotatable bonds is 9. The number of esters is 1. The van der Waals surface area contributed by atoms with Crippen molar-refractivity contribution in [3.8, 4) is 5.75 Å². The standard InChI is InChI=1S/C32H27N3O8S/c1-4-42-31(39)29-19(3)33-32(44-29)34-26(21-10-13-23(14-11-21)35(40)41)25(28(37)30(34)38)27(36)22-12-15-24(18(2)16-22)43-17-20-8-6-5-7-9-20/h5-16,26,36H,4,17H2,1-3H3/b27-25+. The van der Waals surface area contributed by atoms with Crippen molar-refractivity contribution in [2.75, 3.05) is 11.5 Å². The highest BCUT2D eigenvalue weighted by Crippen LogP contribution is 2.44. The Kier molecular flexibility index (Phi) is 8.54. The van der Waals surface area contributed by atoms with Crippen LogP contribution in [0, 0.1) is 24.0 Å². The fraction of sp³-hybridized carbons (Fsp3) is 0.188. The Hall–Kier alpha value is -5.36. The van der Waals surface area contributed by atoms with Crippen LogP contribution in [0.2, 0.25) is 0 Å². The molecule has 1 aromatic heterocycles. The molecule has 0 spiro atoms. The average molecular weight is 614 g/mol. The molecule has 0 aliphatic carbocycles. The van der Waals surface area contributed by atoms with Crippen LogP contribution in [-0.4, -0.2) is 39.3 Å². The van der Waals surface area contributed by atoms with Gasteiger partial charge in [-0.05, 0) is 67.8 Å². The Morgan fingerprint density at radius 3 is 2.41 bits per heavy atom. The third kappa shape index (κ3) is 5.79. The van der Waals surface area contributed by atoms with Crippen LogP contribution in [-0.2, 0) is 20.9 Å². The van der Waals surface area contributed by atoms with Crippen molar-refractivity contribution in [3.63, 3.8) is 0 Å². The molecule has 44 heavy (non-hydrogen) atoms. The molecule has 1 saturated heterocycles. The summed E-state index contributed by atoms with van der Waals surface area (Å²) in [5.74, 6) is -2.44. The summed E-state index contributed by atoms with van der Waals surface area (Å²) in [5.41, 5.74) is 2.12. The highest BCUT2D eigenvalue weighted by atomic mass is 32.1. The van der Waals surface area contributed by atoms with Crippen LogP contribution in [0.4, 0.5) is 10.8 Å². The molecule has 3 aromatic carbocycles. The Morgan fingerprint density at radius 1 is 1.07 bits per heavy atom. The predicted molar refractivity (Wildman–Crippen MR) is 163 cm³/mol. The molecule has 224 valence electrons. The van der Waals surface area contributed by atoms with Gasteiger partial charge >= 0.3 is 11.9 Å². The highest BCUT2D eigenvalue weighted by molar-refractivity contribution is 7.17. The number of benzene rings is 3.